The Hall–Kier alpha value is -1.96. The van der Waals surface area contributed by atoms with Gasteiger partial charge in [0.2, 0.25) is 5.91 Å². The molecule has 7 heteroatoms. The van der Waals surface area contributed by atoms with E-state index in [4.69, 9.17) is 0 Å². The van der Waals surface area contributed by atoms with Gasteiger partial charge in [0.15, 0.2) is 9.84 Å². The van der Waals surface area contributed by atoms with Gasteiger partial charge in [-0.05, 0) is 53.9 Å². The third-order valence-electron chi connectivity index (χ3n) is 4.28. The number of hydrogen-bond acceptors (Lipinski definition) is 5. The smallest absolute Gasteiger partial charge is 0.225 e. The summed E-state index contributed by atoms with van der Waals surface area (Å²) in [5, 5.41) is 5.79. The molecular weight excluding hydrogens is 398 g/mol. The average molecular weight is 420 g/mol. The fraction of sp³-hybridized carbons (Fsp3) is 0.250. The number of hydrogen-bond donors (Lipinski definition) is 1. The maximum atomic E-state index is 13.4. The highest BCUT2D eigenvalue weighted by Crippen LogP contribution is 2.33. The number of rotatable bonds is 7. The van der Waals surface area contributed by atoms with E-state index in [1.807, 2.05) is 54.1 Å². The van der Waals surface area contributed by atoms with Crippen LogP contribution in [-0.4, -0.2) is 20.9 Å². The monoisotopic (exact) mass is 419 g/mol. The molecule has 0 fully saturated rings. The first-order valence-electron chi connectivity index (χ1n) is 8.51. The van der Waals surface area contributed by atoms with Crippen LogP contribution in [0.1, 0.15) is 26.1 Å². The average Bonchev–Trinajstić information content (AvgIpc) is 3.31. The van der Waals surface area contributed by atoms with Crippen LogP contribution in [0.3, 0.4) is 0 Å². The number of benzene rings is 1. The van der Waals surface area contributed by atoms with Crippen molar-refractivity contribution in [2.75, 3.05) is 6.54 Å². The summed E-state index contributed by atoms with van der Waals surface area (Å²) >= 11 is 2.90. The van der Waals surface area contributed by atoms with Crippen LogP contribution in [0.4, 0.5) is 0 Å². The van der Waals surface area contributed by atoms with Crippen LogP contribution in [0.5, 0.6) is 0 Å². The first-order chi connectivity index (χ1) is 12.9. The molecule has 1 amide bonds. The van der Waals surface area contributed by atoms with Gasteiger partial charge in [-0.2, -0.15) is 0 Å². The van der Waals surface area contributed by atoms with Gasteiger partial charge in [-0.3, -0.25) is 4.79 Å². The molecule has 0 bridgehead atoms. The van der Waals surface area contributed by atoms with E-state index in [9.17, 15) is 13.2 Å². The first kappa shape index (κ1) is 19.8. The standard InChI is InChI=1S/C20H21NO3S3/c1-14-7-8-15(2)18(11-14)27(23,24)19(17-6-4-10-26-17)13-21-20(22)12-16-5-3-9-25-16/h3-11,19H,12-13H2,1-2H3,(H,21,22)/t19-/m1/s1. The number of carbonyl (C=O) groups is 1. The van der Waals surface area contributed by atoms with Crippen molar-refractivity contribution >= 4 is 38.4 Å². The van der Waals surface area contributed by atoms with Crippen molar-refractivity contribution in [2.45, 2.75) is 30.4 Å². The SMILES string of the molecule is Cc1ccc(C)c(S(=O)(=O)[C@H](CNC(=O)Cc2cccs2)c2cccs2)c1. The Morgan fingerprint density at radius 2 is 1.81 bits per heavy atom. The molecule has 0 saturated carbocycles. The van der Waals surface area contributed by atoms with Gasteiger partial charge in [0.1, 0.15) is 5.25 Å². The number of nitrogens with one attached hydrogen (secondary N) is 1. The molecule has 1 atom stereocenters. The van der Waals surface area contributed by atoms with E-state index < -0.39 is 15.1 Å². The molecule has 0 aliphatic carbocycles. The number of thiophene rings is 2. The van der Waals surface area contributed by atoms with Gasteiger partial charge in [-0.25, -0.2) is 8.42 Å². The minimum Gasteiger partial charge on any atom is -0.354 e. The molecule has 27 heavy (non-hydrogen) atoms. The summed E-state index contributed by atoms with van der Waals surface area (Å²) in [5.41, 5.74) is 1.61. The summed E-state index contributed by atoms with van der Waals surface area (Å²) in [6, 6.07) is 12.9. The molecule has 0 spiro atoms. The van der Waals surface area contributed by atoms with Crippen molar-refractivity contribution in [3.8, 4) is 0 Å². The van der Waals surface area contributed by atoms with Crippen molar-refractivity contribution in [3.05, 3.63) is 74.1 Å². The second kappa shape index (κ2) is 8.37. The number of amides is 1. The zero-order valence-electron chi connectivity index (χ0n) is 15.1. The molecule has 0 saturated heterocycles. The Bertz CT molecular complexity index is 1010. The molecule has 1 N–H and O–H groups in total. The highest BCUT2D eigenvalue weighted by molar-refractivity contribution is 7.92. The molecule has 3 aromatic rings. The molecule has 2 heterocycles. The molecule has 142 valence electrons. The predicted molar refractivity (Wildman–Crippen MR) is 111 cm³/mol. The van der Waals surface area contributed by atoms with Gasteiger partial charge >= 0.3 is 0 Å². The van der Waals surface area contributed by atoms with Gasteiger partial charge in [0.05, 0.1) is 11.3 Å². The van der Waals surface area contributed by atoms with Gasteiger partial charge in [-0.1, -0.05) is 24.3 Å². The van der Waals surface area contributed by atoms with Crippen molar-refractivity contribution in [1.29, 1.82) is 0 Å². The van der Waals surface area contributed by atoms with E-state index in [0.717, 1.165) is 15.3 Å². The lowest BCUT2D eigenvalue weighted by Gasteiger charge is -2.19. The molecule has 1 aromatic carbocycles. The summed E-state index contributed by atoms with van der Waals surface area (Å²) in [4.78, 5) is 14.3. The number of sulfone groups is 1. The highest BCUT2D eigenvalue weighted by Gasteiger charge is 2.31. The second-order valence-corrected chi connectivity index (χ2v) is 10.5. The predicted octanol–water partition coefficient (Wildman–Crippen LogP) is 4.30. The Morgan fingerprint density at radius 3 is 2.48 bits per heavy atom. The van der Waals surface area contributed by atoms with E-state index in [-0.39, 0.29) is 18.9 Å². The molecule has 3 rings (SSSR count). The summed E-state index contributed by atoms with van der Waals surface area (Å²) < 4.78 is 26.8. The Balaban J connectivity index is 1.85. The van der Waals surface area contributed by atoms with Gasteiger partial charge in [0.25, 0.3) is 0 Å². The maximum Gasteiger partial charge on any atom is 0.225 e. The number of carbonyl (C=O) groups excluding carboxylic acids is 1. The Labute approximate surface area is 167 Å². The van der Waals surface area contributed by atoms with E-state index in [0.29, 0.717) is 10.5 Å². The minimum absolute atomic E-state index is 0.0560. The van der Waals surface area contributed by atoms with E-state index in [1.165, 1.54) is 22.7 Å². The van der Waals surface area contributed by atoms with Crippen LogP contribution in [0.15, 0.2) is 58.1 Å². The fourth-order valence-electron chi connectivity index (χ4n) is 2.85. The summed E-state index contributed by atoms with van der Waals surface area (Å²) in [6.07, 6.45) is 0.262. The first-order valence-corrected chi connectivity index (χ1v) is 11.8. The lowest BCUT2D eigenvalue weighted by Crippen LogP contribution is -2.32. The van der Waals surface area contributed by atoms with Crippen molar-refractivity contribution in [2.24, 2.45) is 0 Å². The Morgan fingerprint density at radius 1 is 1.07 bits per heavy atom. The lowest BCUT2D eigenvalue weighted by molar-refractivity contribution is -0.120. The highest BCUT2D eigenvalue weighted by atomic mass is 32.2. The Kier molecular flexibility index (Phi) is 6.14. The maximum absolute atomic E-state index is 13.4. The topological polar surface area (TPSA) is 63.2 Å². The van der Waals surface area contributed by atoms with Crippen LogP contribution in [0.2, 0.25) is 0 Å². The zero-order valence-corrected chi connectivity index (χ0v) is 17.6. The van der Waals surface area contributed by atoms with E-state index in [1.54, 1.807) is 13.0 Å². The molecular formula is C20H21NO3S3. The van der Waals surface area contributed by atoms with Crippen LogP contribution < -0.4 is 5.32 Å². The second-order valence-electron chi connectivity index (χ2n) is 6.38. The van der Waals surface area contributed by atoms with Crippen LogP contribution >= 0.6 is 22.7 Å². The minimum atomic E-state index is -3.64. The van der Waals surface area contributed by atoms with Crippen LogP contribution in [0, 0.1) is 13.8 Å². The molecule has 0 radical (unpaired) electrons. The quantitative estimate of drug-likeness (QED) is 0.621. The molecule has 0 unspecified atom stereocenters. The normalized spacial score (nSPS) is 12.7. The largest absolute Gasteiger partial charge is 0.354 e. The van der Waals surface area contributed by atoms with Crippen molar-refractivity contribution in [1.82, 2.24) is 5.32 Å². The van der Waals surface area contributed by atoms with Gasteiger partial charge in [0, 0.05) is 16.3 Å². The van der Waals surface area contributed by atoms with Crippen LogP contribution in [0.25, 0.3) is 0 Å². The molecule has 0 aliphatic heterocycles. The molecule has 0 aliphatic rings. The van der Waals surface area contributed by atoms with E-state index >= 15 is 0 Å². The number of aryl methyl sites for hydroxylation is 2. The fourth-order valence-corrected chi connectivity index (χ4v) is 6.66. The van der Waals surface area contributed by atoms with E-state index in [2.05, 4.69) is 5.32 Å². The molecule has 4 nitrogen and oxygen atoms in total. The van der Waals surface area contributed by atoms with Crippen LogP contribution in [-0.2, 0) is 21.1 Å². The molecule has 2 aromatic heterocycles. The summed E-state index contributed by atoms with van der Waals surface area (Å²) in [5.74, 6) is -0.171. The third kappa shape index (κ3) is 4.66. The summed E-state index contributed by atoms with van der Waals surface area (Å²) in [7, 11) is -3.64. The summed E-state index contributed by atoms with van der Waals surface area (Å²) in [6.45, 7) is 3.73. The lowest BCUT2D eigenvalue weighted by atomic mass is 10.2. The van der Waals surface area contributed by atoms with Gasteiger partial charge in [-0.15, -0.1) is 22.7 Å². The third-order valence-corrected chi connectivity index (χ3v) is 8.52. The van der Waals surface area contributed by atoms with Gasteiger partial charge < -0.3 is 5.32 Å². The van der Waals surface area contributed by atoms with Crippen molar-refractivity contribution < 1.29 is 13.2 Å². The van der Waals surface area contributed by atoms with Crippen molar-refractivity contribution in [3.63, 3.8) is 0 Å². The zero-order chi connectivity index (χ0) is 19.4.